The molecule has 134 valence electrons. The number of nitrogens with zero attached hydrogens (tertiary/aromatic N) is 5. The average Bonchev–Trinajstić information content (AvgIpc) is 3.26. The highest BCUT2D eigenvalue weighted by molar-refractivity contribution is 5.92. The van der Waals surface area contributed by atoms with Crippen molar-refractivity contribution >= 4 is 10.8 Å². The molecule has 7 nitrogen and oxygen atoms in total. The second kappa shape index (κ2) is 6.55. The molecule has 0 atom stereocenters. The molecule has 0 aliphatic heterocycles. The summed E-state index contributed by atoms with van der Waals surface area (Å²) in [5, 5.41) is 9.76. The first-order valence-corrected chi connectivity index (χ1v) is 8.63. The van der Waals surface area contributed by atoms with E-state index in [0.717, 1.165) is 5.56 Å². The number of hydrogen-bond acceptors (Lipinski definition) is 6. The first-order valence-electron chi connectivity index (χ1n) is 8.63. The molecule has 7 heteroatoms. The minimum absolute atomic E-state index is 0.211. The monoisotopic (exact) mass is 367 g/mol. The van der Waals surface area contributed by atoms with Crippen molar-refractivity contribution in [3.05, 3.63) is 89.5 Å². The van der Waals surface area contributed by atoms with Crippen molar-refractivity contribution in [3.63, 3.8) is 0 Å². The Morgan fingerprint density at radius 2 is 1.64 bits per heavy atom. The Balaban J connectivity index is 1.75. The van der Waals surface area contributed by atoms with Crippen molar-refractivity contribution in [3.8, 4) is 28.7 Å². The Morgan fingerprint density at radius 3 is 2.43 bits per heavy atom. The van der Waals surface area contributed by atoms with Gasteiger partial charge in [0.25, 0.3) is 11.4 Å². The maximum Gasteiger partial charge on any atom is 0.279 e. The molecule has 3 aromatic heterocycles. The van der Waals surface area contributed by atoms with Crippen molar-refractivity contribution in [1.29, 1.82) is 0 Å². The molecule has 0 unspecified atom stereocenters. The third kappa shape index (κ3) is 2.66. The van der Waals surface area contributed by atoms with E-state index in [1.807, 2.05) is 54.6 Å². The summed E-state index contributed by atoms with van der Waals surface area (Å²) < 4.78 is 6.83. The molecule has 0 bridgehead atoms. The summed E-state index contributed by atoms with van der Waals surface area (Å²) in [5.74, 6) is 0.645. The lowest BCUT2D eigenvalue weighted by atomic mass is 10.1. The molecule has 0 spiro atoms. The molecule has 0 fully saturated rings. The van der Waals surface area contributed by atoms with E-state index in [9.17, 15) is 4.79 Å². The quantitative estimate of drug-likeness (QED) is 0.485. The first-order chi connectivity index (χ1) is 13.8. The van der Waals surface area contributed by atoms with Crippen molar-refractivity contribution in [1.82, 2.24) is 24.9 Å². The molecule has 0 saturated heterocycles. The lowest BCUT2D eigenvalue weighted by Gasteiger charge is -2.08. The maximum absolute atomic E-state index is 13.0. The van der Waals surface area contributed by atoms with Gasteiger partial charge in [-0.15, -0.1) is 0 Å². The fourth-order valence-corrected chi connectivity index (χ4v) is 3.02. The van der Waals surface area contributed by atoms with E-state index in [1.165, 1.54) is 4.68 Å². The lowest BCUT2D eigenvalue weighted by Crippen LogP contribution is -2.22. The average molecular weight is 367 g/mol. The number of aromatic nitrogens is 5. The predicted octanol–water partition coefficient (Wildman–Crippen LogP) is 3.50. The minimum Gasteiger partial charge on any atom is -0.332 e. The van der Waals surface area contributed by atoms with Gasteiger partial charge in [0.2, 0.25) is 5.82 Å². The number of para-hydroxylation sites is 1. The number of pyridine rings is 1. The van der Waals surface area contributed by atoms with Gasteiger partial charge in [0, 0.05) is 23.3 Å². The van der Waals surface area contributed by atoms with Gasteiger partial charge < -0.3 is 4.52 Å². The van der Waals surface area contributed by atoms with Gasteiger partial charge in [0.15, 0.2) is 5.69 Å². The van der Waals surface area contributed by atoms with Crippen LogP contribution in [0.3, 0.4) is 0 Å². The SMILES string of the molecule is O=c1c2ccccc2c(-c2nc(-c3cccnc3)no2)nn1-c1ccccc1. The number of benzene rings is 2. The molecule has 2 aromatic carbocycles. The fourth-order valence-electron chi connectivity index (χ4n) is 3.02. The Bertz CT molecular complexity index is 1330. The van der Waals surface area contributed by atoms with E-state index in [1.54, 1.807) is 24.5 Å². The Morgan fingerprint density at radius 1 is 0.857 bits per heavy atom. The van der Waals surface area contributed by atoms with Gasteiger partial charge in [-0.2, -0.15) is 14.8 Å². The minimum atomic E-state index is -0.211. The van der Waals surface area contributed by atoms with Gasteiger partial charge in [-0.1, -0.05) is 41.6 Å². The molecular formula is C21H13N5O2. The Kier molecular flexibility index (Phi) is 3.76. The second-order valence-corrected chi connectivity index (χ2v) is 6.11. The normalized spacial score (nSPS) is 11.0. The molecule has 0 N–H and O–H groups in total. The van der Waals surface area contributed by atoms with Crippen LogP contribution in [0.2, 0.25) is 0 Å². The third-order valence-electron chi connectivity index (χ3n) is 4.35. The van der Waals surface area contributed by atoms with Crippen LogP contribution in [0.5, 0.6) is 0 Å². The predicted molar refractivity (Wildman–Crippen MR) is 104 cm³/mol. The van der Waals surface area contributed by atoms with Gasteiger partial charge >= 0.3 is 0 Å². The number of hydrogen-bond donors (Lipinski definition) is 0. The molecule has 3 heterocycles. The van der Waals surface area contributed by atoms with Gasteiger partial charge in [-0.3, -0.25) is 9.78 Å². The number of fused-ring (bicyclic) bond motifs is 1. The molecule has 0 aliphatic rings. The lowest BCUT2D eigenvalue weighted by molar-refractivity contribution is 0.430. The summed E-state index contributed by atoms with van der Waals surface area (Å²) in [6, 6.07) is 20.1. The van der Waals surface area contributed by atoms with E-state index in [0.29, 0.717) is 28.0 Å². The molecule has 5 aromatic rings. The van der Waals surface area contributed by atoms with E-state index in [4.69, 9.17) is 4.52 Å². The largest absolute Gasteiger partial charge is 0.332 e. The summed E-state index contributed by atoms with van der Waals surface area (Å²) >= 11 is 0. The highest BCUT2D eigenvalue weighted by Crippen LogP contribution is 2.26. The van der Waals surface area contributed by atoms with Crippen molar-refractivity contribution in [2.75, 3.05) is 0 Å². The summed E-state index contributed by atoms with van der Waals surface area (Å²) in [4.78, 5) is 21.5. The van der Waals surface area contributed by atoms with Crippen LogP contribution >= 0.6 is 0 Å². The van der Waals surface area contributed by atoms with Crippen LogP contribution < -0.4 is 5.56 Å². The van der Waals surface area contributed by atoms with Gasteiger partial charge in [-0.05, 0) is 30.3 Å². The van der Waals surface area contributed by atoms with Gasteiger partial charge in [0.1, 0.15) is 0 Å². The number of rotatable bonds is 3. The van der Waals surface area contributed by atoms with Crippen molar-refractivity contribution in [2.45, 2.75) is 0 Å². The van der Waals surface area contributed by atoms with Gasteiger partial charge in [0.05, 0.1) is 11.1 Å². The van der Waals surface area contributed by atoms with Crippen LogP contribution in [0.4, 0.5) is 0 Å². The van der Waals surface area contributed by atoms with Crippen LogP contribution in [-0.2, 0) is 0 Å². The molecular weight excluding hydrogens is 354 g/mol. The molecule has 0 radical (unpaired) electrons. The van der Waals surface area contributed by atoms with E-state index in [-0.39, 0.29) is 11.4 Å². The van der Waals surface area contributed by atoms with Crippen molar-refractivity contribution < 1.29 is 4.52 Å². The fraction of sp³-hybridized carbons (Fsp3) is 0. The van der Waals surface area contributed by atoms with Gasteiger partial charge in [-0.25, -0.2) is 0 Å². The van der Waals surface area contributed by atoms with E-state index in [2.05, 4.69) is 20.2 Å². The third-order valence-corrected chi connectivity index (χ3v) is 4.35. The van der Waals surface area contributed by atoms with Crippen LogP contribution in [0.25, 0.3) is 39.4 Å². The zero-order valence-electron chi connectivity index (χ0n) is 14.6. The second-order valence-electron chi connectivity index (χ2n) is 6.11. The molecule has 0 amide bonds. The van der Waals surface area contributed by atoms with E-state index >= 15 is 0 Å². The summed E-state index contributed by atoms with van der Waals surface area (Å²) in [6.45, 7) is 0. The Labute approximate surface area is 158 Å². The van der Waals surface area contributed by atoms with Crippen LogP contribution in [0, 0.1) is 0 Å². The molecule has 5 rings (SSSR count). The Hall–Kier alpha value is -4.13. The highest BCUT2D eigenvalue weighted by atomic mass is 16.5. The summed E-state index contributed by atoms with van der Waals surface area (Å²) in [6.07, 6.45) is 3.33. The highest BCUT2D eigenvalue weighted by Gasteiger charge is 2.18. The maximum atomic E-state index is 13.0. The summed E-state index contributed by atoms with van der Waals surface area (Å²) in [5.41, 5.74) is 1.63. The van der Waals surface area contributed by atoms with Crippen molar-refractivity contribution in [2.24, 2.45) is 0 Å². The first kappa shape index (κ1) is 16.1. The standard InChI is InChI=1S/C21H13N5O2/c27-21-17-11-5-4-10-16(17)18(24-26(21)15-8-2-1-3-9-15)20-23-19(25-28-20)14-7-6-12-22-13-14/h1-13H. The zero-order valence-corrected chi connectivity index (χ0v) is 14.6. The van der Waals surface area contributed by atoms with Crippen LogP contribution in [0.1, 0.15) is 0 Å². The zero-order chi connectivity index (χ0) is 18.9. The summed E-state index contributed by atoms with van der Waals surface area (Å²) in [7, 11) is 0. The smallest absolute Gasteiger partial charge is 0.279 e. The molecule has 28 heavy (non-hydrogen) atoms. The molecule has 0 saturated carbocycles. The van der Waals surface area contributed by atoms with Crippen LogP contribution in [0.15, 0.2) is 88.4 Å². The topological polar surface area (TPSA) is 86.7 Å². The van der Waals surface area contributed by atoms with E-state index < -0.39 is 0 Å². The molecule has 0 aliphatic carbocycles. The van der Waals surface area contributed by atoms with Crippen LogP contribution in [-0.4, -0.2) is 24.9 Å².